The fourth-order valence-corrected chi connectivity index (χ4v) is 2.21. The van der Waals surface area contributed by atoms with Gasteiger partial charge in [-0.25, -0.2) is 0 Å². The van der Waals surface area contributed by atoms with E-state index in [1.807, 2.05) is 42.5 Å². The summed E-state index contributed by atoms with van der Waals surface area (Å²) in [4.78, 5) is 14.5. The third kappa shape index (κ3) is 2.22. The average molecular weight is 250 g/mol. The zero-order valence-corrected chi connectivity index (χ0v) is 10.4. The number of carbonyl (C=O) groups is 1. The van der Waals surface area contributed by atoms with Crippen molar-refractivity contribution in [3.8, 4) is 0 Å². The first-order valence-electron chi connectivity index (χ1n) is 6.22. The number of hydrogen-bond donors (Lipinski definition) is 2. The lowest BCUT2D eigenvalue weighted by Gasteiger charge is -2.04. The molecule has 0 aliphatic carbocycles. The first-order chi connectivity index (χ1) is 9.38. The van der Waals surface area contributed by atoms with E-state index in [0.29, 0.717) is 12.1 Å². The van der Waals surface area contributed by atoms with Crippen LogP contribution in [0.1, 0.15) is 15.9 Å². The highest BCUT2D eigenvalue weighted by atomic mass is 16.1. The van der Waals surface area contributed by atoms with Crippen molar-refractivity contribution in [3.63, 3.8) is 0 Å². The van der Waals surface area contributed by atoms with Gasteiger partial charge < -0.3 is 10.3 Å². The molecule has 0 spiro atoms. The summed E-state index contributed by atoms with van der Waals surface area (Å²) in [5.74, 6) is 0.778. The zero-order valence-electron chi connectivity index (χ0n) is 10.4. The van der Waals surface area contributed by atoms with Gasteiger partial charge in [-0.1, -0.05) is 48.5 Å². The maximum absolute atomic E-state index is 11.3. The van der Waals surface area contributed by atoms with E-state index < -0.39 is 0 Å². The summed E-state index contributed by atoms with van der Waals surface area (Å²) < 4.78 is 0. The molecule has 0 saturated heterocycles. The predicted octanol–water partition coefficient (Wildman–Crippen LogP) is 3.59. The number of aldehydes is 1. The van der Waals surface area contributed by atoms with E-state index in [1.165, 1.54) is 5.56 Å². The minimum atomic E-state index is 0.687. The smallest absolute Gasteiger partial charge is 0.154 e. The van der Waals surface area contributed by atoms with E-state index in [9.17, 15) is 4.79 Å². The number of rotatable bonds is 4. The van der Waals surface area contributed by atoms with Gasteiger partial charge in [0.05, 0.1) is 5.56 Å². The minimum Gasteiger partial charge on any atom is -0.367 e. The van der Waals surface area contributed by atoms with E-state index >= 15 is 0 Å². The van der Waals surface area contributed by atoms with Crippen molar-refractivity contribution >= 4 is 23.0 Å². The van der Waals surface area contributed by atoms with Gasteiger partial charge in [0.2, 0.25) is 0 Å². The van der Waals surface area contributed by atoms with Gasteiger partial charge in [0.25, 0.3) is 0 Å². The van der Waals surface area contributed by atoms with Crippen LogP contribution in [0.25, 0.3) is 10.9 Å². The Bertz CT molecular complexity index is 701. The molecule has 2 N–H and O–H groups in total. The van der Waals surface area contributed by atoms with Gasteiger partial charge in [0, 0.05) is 17.4 Å². The molecule has 3 aromatic rings. The molecule has 3 rings (SSSR count). The van der Waals surface area contributed by atoms with Gasteiger partial charge in [-0.05, 0) is 11.6 Å². The second-order valence-corrected chi connectivity index (χ2v) is 4.42. The van der Waals surface area contributed by atoms with E-state index in [4.69, 9.17) is 0 Å². The molecule has 0 saturated carbocycles. The number of H-pyrrole nitrogens is 1. The number of para-hydroxylation sites is 1. The topological polar surface area (TPSA) is 44.9 Å². The Hall–Kier alpha value is -2.55. The first kappa shape index (κ1) is 11.5. The Balaban J connectivity index is 1.90. The normalized spacial score (nSPS) is 10.5. The van der Waals surface area contributed by atoms with Gasteiger partial charge in [-0.15, -0.1) is 0 Å². The number of nitrogens with one attached hydrogen (secondary N) is 2. The number of aromatic amines is 1. The second-order valence-electron chi connectivity index (χ2n) is 4.42. The van der Waals surface area contributed by atoms with Gasteiger partial charge >= 0.3 is 0 Å². The monoisotopic (exact) mass is 250 g/mol. The molecule has 1 heterocycles. The van der Waals surface area contributed by atoms with Gasteiger partial charge in [0.1, 0.15) is 5.82 Å². The van der Waals surface area contributed by atoms with Crippen LogP contribution in [0.2, 0.25) is 0 Å². The van der Waals surface area contributed by atoms with E-state index in [-0.39, 0.29) is 0 Å². The van der Waals surface area contributed by atoms with Crippen LogP contribution in [-0.4, -0.2) is 11.3 Å². The Labute approximate surface area is 111 Å². The molecular weight excluding hydrogens is 236 g/mol. The number of benzene rings is 2. The molecule has 1 aromatic heterocycles. The minimum absolute atomic E-state index is 0.687. The molecule has 0 aliphatic rings. The lowest BCUT2D eigenvalue weighted by molar-refractivity contribution is 0.112. The highest BCUT2D eigenvalue weighted by Crippen LogP contribution is 2.24. The van der Waals surface area contributed by atoms with Gasteiger partial charge in [-0.2, -0.15) is 0 Å². The molecule has 0 atom stereocenters. The van der Waals surface area contributed by atoms with Crippen LogP contribution in [0.5, 0.6) is 0 Å². The molecule has 0 aliphatic heterocycles. The van der Waals surface area contributed by atoms with Crippen LogP contribution in [0.15, 0.2) is 54.6 Å². The highest BCUT2D eigenvalue weighted by Gasteiger charge is 2.09. The van der Waals surface area contributed by atoms with Gasteiger partial charge in [0.15, 0.2) is 6.29 Å². The largest absolute Gasteiger partial charge is 0.367 e. The van der Waals surface area contributed by atoms with Crippen LogP contribution in [0.4, 0.5) is 5.82 Å². The number of carbonyl (C=O) groups excluding carboxylic acids is 1. The molecule has 0 amide bonds. The van der Waals surface area contributed by atoms with Gasteiger partial charge in [-0.3, -0.25) is 4.79 Å². The molecule has 0 fully saturated rings. The van der Waals surface area contributed by atoms with Crippen molar-refractivity contribution in [3.05, 3.63) is 65.7 Å². The van der Waals surface area contributed by atoms with Crippen LogP contribution in [-0.2, 0) is 6.54 Å². The third-order valence-electron chi connectivity index (χ3n) is 3.18. The summed E-state index contributed by atoms with van der Waals surface area (Å²) >= 11 is 0. The quantitative estimate of drug-likeness (QED) is 0.695. The Kier molecular flexibility index (Phi) is 3.02. The Morgan fingerprint density at radius 2 is 1.74 bits per heavy atom. The zero-order chi connectivity index (χ0) is 13.1. The van der Waals surface area contributed by atoms with Crippen molar-refractivity contribution in [1.82, 2.24) is 4.98 Å². The first-order valence-corrected chi connectivity index (χ1v) is 6.22. The van der Waals surface area contributed by atoms with Crippen molar-refractivity contribution in [2.75, 3.05) is 5.32 Å². The van der Waals surface area contributed by atoms with Crippen LogP contribution in [0, 0.1) is 0 Å². The molecular formula is C16H14N2O. The van der Waals surface area contributed by atoms with Crippen molar-refractivity contribution < 1.29 is 4.79 Å². The molecule has 2 aromatic carbocycles. The van der Waals surface area contributed by atoms with E-state index in [2.05, 4.69) is 22.4 Å². The number of aromatic nitrogens is 1. The van der Waals surface area contributed by atoms with Crippen molar-refractivity contribution in [1.29, 1.82) is 0 Å². The van der Waals surface area contributed by atoms with E-state index in [0.717, 1.165) is 23.0 Å². The lowest BCUT2D eigenvalue weighted by atomic mass is 10.2. The summed E-state index contributed by atoms with van der Waals surface area (Å²) in [7, 11) is 0. The molecule has 3 heteroatoms. The fourth-order valence-electron chi connectivity index (χ4n) is 2.21. The Morgan fingerprint density at radius 3 is 2.53 bits per heavy atom. The number of hydrogen-bond acceptors (Lipinski definition) is 2. The molecule has 94 valence electrons. The van der Waals surface area contributed by atoms with E-state index in [1.54, 1.807) is 0 Å². The SMILES string of the molecule is O=Cc1c(NCc2ccccc2)[nH]c2ccccc12. The second kappa shape index (κ2) is 4.98. The summed E-state index contributed by atoms with van der Waals surface area (Å²) in [6, 6.07) is 17.9. The van der Waals surface area contributed by atoms with Crippen LogP contribution >= 0.6 is 0 Å². The predicted molar refractivity (Wildman–Crippen MR) is 77.5 cm³/mol. The maximum atomic E-state index is 11.3. The summed E-state index contributed by atoms with van der Waals surface area (Å²) in [6.07, 6.45) is 0.895. The van der Waals surface area contributed by atoms with Crippen molar-refractivity contribution in [2.24, 2.45) is 0 Å². The van der Waals surface area contributed by atoms with Crippen LogP contribution < -0.4 is 5.32 Å². The highest BCUT2D eigenvalue weighted by molar-refractivity contribution is 6.03. The van der Waals surface area contributed by atoms with Crippen molar-refractivity contribution in [2.45, 2.75) is 6.54 Å². The molecule has 0 radical (unpaired) electrons. The Morgan fingerprint density at radius 1 is 1.00 bits per heavy atom. The molecule has 0 unspecified atom stereocenters. The summed E-state index contributed by atoms with van der Waals surface area (Å²) in [6.45, 7) is 0.689. The summed E-state index contributed by atoms with van der Waals surface area (Å²) in [5, 5.41) is 4.24. The molecule has 19 heavy (non-hydrogen) atoms. The average Bonchev–Trinajstić information content (AvgIpc) is 2.83. The summed E-state index contributed by atoms with van der Waals surface area (Å²) in [5.41, 5.74) is 2.84. The standard InChI is InChI=1S/C16H14N2O/c19-11-14-13-8-4-5-9-15(13)18-16(14)17-10-12-6-2-1-3-7-12/h1-9,11,17-18H,10H2. The molecule has 0 bridgehead atoms. The van der Waals surface area contributed by atoms with Crippen LogP contribution in [0.3, 0.4) is 0 Å². The maximum Gasteiger partial charge on any atom is 0.154 e. The fraction of sp³-hybridized carbons (Fsp3) is 0.0625. The molecule has 3 nitrogen and oxygen atoms in total. The lowest BCUT2D eigenvalue weighted by Crippen LogP contribution is -2.01. The number of fused-ring (bicyclic) bond motifs is 1. The third-order valence-corrected chi connectivity index (χ3v) is 3.18. The number of anilines is 1.